The summed E-state index contributed by atoms with van der Waals surface area (Å²) in [7, 11) is 0. The maximum absolute atomic E-state index is 13.9. The average molecular weight is 505 g/mol. The van der Waals surface area contributed by atoms with Gasteiger partial charge in [-0.2, -0.15) is 0 Å². The van der Waals surface area contributed by atoms with Gasteiger partial charge in [-0.25, -0.2) is 18.2 Å². The molecule has 3 heterocycles. The van der Waals surface area contributed by atoms with Crippen molar-refractivity contribution >= 4 is 17.4 Å². The minimum absolute atomic E-state index is 0.0848. The molecule has 0 aliphatic carbocycles. The molecule has 0 bridgehead atoms. The first-order valence-electron chi connectivity index (χ1n) is 11.7. The number of fused-ring (bicyclic) bond motifs is 1. The molecule has 6 nitrogen and oxygen atoms in total. The minimum atomic E-state index is -1.52. The molecule has 2 aromatic heterocycles. The molecular weight excluding hydrogens is 481 g/mol. The molecule has 9 heteroatoms. The molecule has 1 aliphatic heterocycles. The summed E-state index contributed by atoms with van der Waals surface area (Å²) < 4.78 is 40.9. The highest BCUT2D eigenvalue weighted by molar-refractivity contribution is 6.07. The number of carbonyl (C=O) groups is 1. The third-order valence-corrected chi connectivity index (χ3v) is 6.31. The van der Waals surface area contributed by atoms with Gasteiger partial charge in [0.05, 0.1) is 12.6 Å². The van der Waals surface area contributed by atoms with Gasteiger partial charge in [0.1, 0.15) is 5.82 Å². The van der Waals surface area contributed by atoms with Crippen LogP contribution in [0.2, 0.25) is 0 Å². The van der Waals surface area contributed by atoms with Crippen molar-refractivity contribution in [3.05, 3.63) is 118 Å². The number of halogens is 3. The topological polar surface area (TPSA) is 78.4 Å². The lowest BCUT2D eigenvalue weighted by atomic mass is 10.0. The Balaban J connectivity index is 1.50. The van der Waals surface area contributed by atoms with E-state index in [2.05, 4.69) is 15.3 Å². The first-order chi connectivity index (χ1) is 17.9. The van der Waals surface area contributed by atoms with Gasteiger partial charge < -0.3 is 10.4 Å². The third-order valence-electron chi connectivity index (χ3n) is 6.31. The molecule has 2 aromatic carbocycles. The fourth-order valence-electron chi connectivity index (χ4n) is 4.49. The molecule has 1 aliphatic rings. The lowest BCUT2D eigenvalue weighted by Gasteiger charge is -2.26. The van der Waals surface area contributed by atoms with Crippen molar-refractivity contribution < 1.29 is 23.1 Å². The quantitative estimate of drug-likeness (QED) is 0.353. The summed E-state index contributed by atoms with van der Waals surface area (Å²) in [6.45, 7) is 0.619. The van der Waals surface area contributed by atoms with Crippen molar-refractivity contribution in [3.8, 4) is 0 Å². The fourth-order valence-corrected chi connectivity index (χ4v) is 4.49. The Bertz CT molecular complexity index is 1430. The van der Waals surface area contributed by atoms with E-state index in [1.165, 1.54) is 17.3 Å². The van der Waals surface area contributed by atoms with Crippen LogP contribution in [0, 0.1) is 17.5 Å². The van der Waals surface area contributed by atoms with Crippen LogP contribution in [0.4, 0.5) is 24.7 Å². The minimum Gasteiger partial charge on any atom is -0.386 e. The second-order valence-electron chi connectivity index (χ2n) is 8.80. The predicted molar refractivity (Wildman–Crippen MR) is 133 cm³/mol. The van der Waals surface area contributed by atoms with E-state index in [0.29, 0.717) is 23.1 Å². The number of hydrogen-bond donors (Lipinski definition) is 2. The number of carbonyl (C=O) groups excluding carboxylic acids is 1. The molecule has 0 saturated heterocycles. The van der Waals surface area contributed by atoms with E-state index >= 15 is 0 Å². The Morgan fingerprint density at radius 1 is 1.03 bits per heavy atom. The number of anilines is 2. The van der Waals surface area contributed by atoms with Crippen molar-refractivity contribution in [2.75, 3.05) is 23.3 Å². The first kappa shape index (κ1) is 24.5. The smallest absolute Gasteiger partial charge is 0.259 e. The predicted octanol–water partition coefficient (Wildman–Crippen LogP) is 4.83. The molecule has 0 saturated carbocycles. The average Bonchev–Trinajstić information content (AvgIpc) is 3.40. The number of aliphatic hydroxyl groups excluding tert-OH is 1. The standard InChI is InChI=1S/C28H23F3N4O2/c29-22-12-18(13-23(30)27(22)31)11-17-6-9-34-26(14-17)35(16-25(36)19-3-2-8-32-15-19)28(37)21-4-1-5-24-20(21)7-10-33-24/h1-6,8-9,12-15,25,33,36H,7,10-11,16H2. The van der Waals surface area contributed by atoms with Gasteiger partial charge in [0.25, 0.3) is 5.91 Å². The zero-order valence-corrected chi connectivity index (χ0v) is 19.7. The monoisotopic (exact) mass is 504 g/mol. The molecule has 2 N–H and O–H groups in total. The molecule has 188 valence electrons. The number of hydrogen-bond acceptors (Lipinski definition) is 5. The number of aromatic nitrogens is 2. The van der Waals surface area contributed by atoms with Crippen molar-refractivity contribution in [2.24, 2.45) is 0 Å². The van der Waals surface area contributed by atoms with Crippen molar-refractivity contribution in [2.45, 2.75) is 18.9 Å². The van der Waals surface area contributed by atoms with Crippen molar-refractivity contribution in [1.82, 2.24) is 9.97 Å². The van der Waals surface area contributed by atoms with Crippen LogP contribution < -0.4 is 10.2 Å². The second kappa shape index (κ2) is 10.4. The van der Waals surface area contributed by atoms with Gasteiger partial charge in [-0.05, 0) is 72.0 Å². The summed E-state index contributed by atoms with van der Waals surface area (Å²) in [5.74, 6) is -4.14. The van der Waals surface area contributed by atoms with E-state index in [-0.39, 0.29) is 30.3 Å². The summed E-state index contributed by atoms with van der Waals surface area (Å²) in [4.78, 5) is 23.7. The lowest BCUT2D eigenvalue weighted by Crippen LogP contribution is -2.36. The molecule has 0 fully saturated rings. The van der Waals surface area contributed by atoms with Gasteiger partial charge >= 0.3 is 0 Å². The number of aliphatic hydroxyl groups is 1. The van der Waals surface area contributed by atoms with Gasteiger partial charge in [0.2, 0.25) is 0 Å². The highest BCUT2D eigenvalue weighted by Gasteiger charge is 2.27. The van der Waals surface area contributed by atoms with Crippen LogP contribution in [0.25, 0.3) is 0 Å². The summed E-state index contributed by atoms with van der Waals surface area (Å²) in [6.07, 6.45) is 4.32. The van der Waals surface area contributed by atoms with Gasteiger partial charge in [-0.15, -0.1) is 0 Å². The number of nitrogens with zero attached hydrogens (tertiary/aromatic N) is 3. The van der Waals surface area contributed by atoms with Crippen LogP contribution in [-0.2, 0) is 12.8 Å². The Hall–Kier alpha value is -4.24. The first-order valence-corrected chi connectivity index (χ1v) is 11.7. The maximum atomic E-state index is 13.9. The van der Waals surface area contributed by atoms with Crippen molar-refractivity contribution in [1.29, 1.82) is 0 Å². The van der Waals surface area contributed by atoms with E-state index in [1.807, 2.05) is 6.07 Å². The van der Waals surface area contributed by atoms with Crippen LogP contribution >= 0.6 is 0 Å². The Morgan fingerprint density at radius 2 is 1.84 bits per heavy atom. The molecule has 1 amide bonds. The molecule has 0 spiro atoms. The number of benzene rings is 2. The summed E-state index contributed by atoms with van der Waals surface area (Å²) in [5.41, 5.74) is 3.64. The van der Waals surface area contributed by atoms with Gasteiger partial charge in [-0.3, -0.25) is 14.7 Å². The molecule has 0 radical (unpaired) electrons. The van der Waals surface area contributed by atoms with E-state index in [0.717, 1.165) is 29.9 Å². The van der Waals surface area contributed by atoms with Crippen LogP contribution in [0.3, 0.4) is 0 Å². The molecular formula is C28H23F3N4O2. The number of pyridine rings is 2. The highest BCUT2D eigenvalue weighted by atomic mass is 19.2. The fraction of sp³-hybridized carbons (Fsp3) is 0.179. The van der Waals surface area contributed by atoms with Crippen LogP contribution in [0.5, 0.6) is 0 Å². The normalized spacial score (nSPS) is 13.1. The number of amides is 1. The third kappa shape index (κ3) is 5.17. The molecule has 1 unspecified atom stereocenters. The van der Waals surface area contributed by atoms with E-state index < -0.39 is 23.6 Å². The zero-order chi connectivity index (χ0) is 25.9. The SMILES string of the molecule is O=C(c1cccc2c1CCN2)N(CC(O)c1cccnc1)c1cc(Cc2cc(F)c(F)c(F)c2)ccn1. The largest absolute Gasteiger partial charge is 0.386 e. The highest BCUT2D eigenvalue weighted by Crippen LogP contribution is 2.29. The Labute approximate surface area is 211 Å². The van der Waals surface area contributed by atoms with Crippen LogP contribution in [0.1, 0.15) is 38.7 Å². The number of nitrogens with one attached hydrogen (secondary N) is 1. The summed E-state index contributed by atoms with van der Waals surface area (Å²) in [6, 6.07) is 14.0. The van der Waals surface area contributed by atoms with Crippen LogP contribution in [-0.4, -0.2) is 34.1 Å². The van der Waals surface area contributed by atoms with Gasteiger partial charge in [-0.1, -0.05) is 12.1 Å². The van der Waals surface area contributed by atoms with E-state index in [9.17, 15) is 23.1 Å². The molecule has 1 atom stereocenters. The van der Waals surface area contributed by atoms with Crippen molar-refractivity contribution in [3.63, 3.8) is 0 Å². The Kier molecular flexibility index (Phi) is 6.87. The number of rotatable bonds is 7. The molecule has 4 aromatic rings. The zero-order valence-electron chi connectivity index (χ0n) is 19.7. The van der Waals surface area contributed by atoms with Gasteiger partial charge in [0, 0.05) is 41.9 Å². The lowest BCUT2D eigenvalue weighted by molar-refractivity contribution is 0.0960. The van der Waals surface area contributed by atoms with Gasteiger partial charge in [0.15, 0.2) is 17.5 Å². The van der Waals surface area contributed by atoms with E-state index in [1.54, 1.807) is 42.6 Å². The summed E-state index contributed by atoms with van der Waals surface area (Å²) in [5, 5.41) is 14.2. The van der Waals surface area contributed by atoms with E-state index in [4.69, 9.17) is 0 Å². The molecule has 37 heavy (non-hydrogen) atoms. The summed E-state index contributed by atoms with van der Waals surface area (Å²) >= 11 is 0. The second-order valence-corrected chi connectivity index (χ2v) is 8.80. The maximum Gasteiger partial charge on any atom is 0.259 e. The molecule has 5 rings (SSSR count). The van der Waals surface area contributed by atoms with Crippen LogP contribution in [0.15, 0.2) is 73.2 Å². The Morgan fingerprint density at radius 3 is 2.59 bits per heavy atom.